The van der Waals surface area contributed by atoms with Gasteiger partial charge < -0.3 is 9.73 Å². The Morgan fingerprint density at radius 1 is 1.41 bits per heavy atom. The first kappa shape index (κ1) is 12.6. The van der Waals surface area contributed by atoms with E-state index in [0.29, 0.717) is 0 Å². The lowest BCUT2D eigenvalue weighted by Crippen LogP contribution is -2.08. The predicted molar refractivity (Wildman–Crippen MR) is 76.9 cm³/mol. The first-order valence-electron chi connectivity index (χ1n) is 5.65. The summed E-state index contributed by atoms with van der Waals surface area (Å²) in [6.45, 7) is 0.987. The van der Waals surface area contributed by atoms with E-state index in [1.807, 2.05) is 19.2 Å². The summed E-state index contributed by atoms with van der Waals surface area (Å²) in [7, 11) is 1.95. The third-order valence-electron chi connectivity index (χ3n) is 2.48. The minimum Gasteiger partial charge on any atom is -0.441 e. The lowest BCUT2D eigenvalue weighted by atomic mass is 10.2. The van der Waals surface area contributed by atoms with Gasteiger partial charge in [-0.3, -0.25) is 0 Å². The van der Waals surface area contributed by atoms with Gasteiger partial charge in [0.2, 0.25) is 0 Å². The SMILES string of the molecule is CNCCCc1ncc(-c2cccc(I)c2)o1. The molecule has 0 fully saturated rings. The van der Waals surface area contributed by atoms with Crippen molar-refractivity contribution in [1.29, 1.82) is 0 Å². The molecule has 2 rings (SSSR count). The molecule has 90 valence electrons. The van der Waals surface area contributed by atoms with E-state index in [1.54, 1.807) is 6.20 Å². The molecule has 1 aromatic carbocycles. The first-order chi connectivity index (χ1) is 8.29. The summed E-state index contributed by atoms with van der Waals surface area (Å²) in [5.41, 5.74) is 1.09. The molecule has 1 heterocycles. The summed E-state index contributed by atoms with van der Waals surface area (Å²) < 4.78 is 6.93. The average molecular weight is 342 g/mol. The van der Waals surface area contributed by atoms with Crippen LogP contribution in [0.15, 0.2) is 34.9 Å². The third kappa shape index (κ3) is 3.54. The second-order valence-corrected chi connectivity index (χ2v) is 5.08. The van der Waals surface area contributed by atoms with Gasteiger partial charge in [-0.25, -0.2) is 4.98 Å². The molecule has 0 aliphatic carbocycles. The minimum absolute atomic E-state index is 0.814. The second kappa shape index (κ2) is 6.16. The molecule has 0 aliphatic heterocycles. The lowest BCUT2D eigenvalue weighted by Gasteiger charge is -1.97. The Morgan fingerprint density at radius 2 is 2.29 bits per heavy atom. The predicted octanol–water partition coefficient (Wildman–Crippen LogP) is 3.10. The molecule has 0 radical (unpaired) electrons. The van der Waals surface area contributed by atoms with Gasteiger partial charge in [-0.05, 0) is 54.7 Å². The van der Waals surface area contributed by atoms with Crippen molar-refractivity contribution in [2.45, 2.75) is 12.8 Å². The van der Waals surface area contributed by atoms with Crippen molar-refractivity contribution in [3.63, 3.8) is 0 Å². The zero-order chi connectivity index (χ0) is 12.1. The van der Waals surface area contributed by atoms with Gasteiger partial charge in [-0.2, -0.15) is 0 Å². The number of aromatic nitrogens is 1. The maximum Gasteiger partial charge on any atom is 0.194 e. The maximum absolute atomic E-state index is 5.73. The number of rotatable bonds is 5. The van der Waals surface area contributed by atoms with Crippen LogP contribution in [-0.4, -0.2) is 18.6 Å². The molecule has 3 nitrogen and oxygen atoms in total. The van der Waals surface area contributed by atoms with Gasteiger partial charge in [-0.1, -0.05) is 12.1 Å². The maximum atomic E-state index is 5.73. The first-order valence-corrected chi connectivity index (χ1v) is 6.72. The molecule has 1 aromatic heterocycles. The van der Waals surface area contributed by atoms with Crippen LogP contribution in [0.25, 0.3) is 11.3 Å². The largest absolute Gasteiger partial charge is 0.441 e. The normalized spacial score (nSPS) is 10.7. The molecule has 2 aromatic rings. The van der Waals surface area contributed by atoms with Crippen LogP contribution in [0.2, 0.25) is 0 Å². The van der Waals surface area contributed by atoms with Gasteiger partial charge in [0.1, 0.15) is 0 Å². The van der Waals surface area contributed by atoms with Crippen molar-refractivity contribution in [2.24, 2.45) is 0 Å². The highest BCUT2D eigenvalue weighted by molar-refractivity contribution is 14.1. The zero-order valence-electron chi connectivity index (χ0n) is 9.74. The van der Waals surface area contributed by atoms with Crippen molar-refractivity contribution >= 4 is 22.6 Å². The van der Waals surface area contributed by atoms with Crippen molar-refractivity contribution in [3.05, 3.63) is 39.9 Å². The molecule has 0 bridgehead atoms. The van der Waals surface area contributed by atoms with Gasteiger partial charge >= 0.3 is 0 Å². The minimum atomic E-state index is 0.814. The van der Waals surface area contributed by atoms with Gasteiger partial charge in [0.25, 0.3) is 0 Å². The molecule has 0 spiro atoms. The van der Waals surface area contributed by atoms with Crippen LogP contribution in [0.4, 0.5) is 0 Å². The molecule has 0 aliphatic rings. The Balaban J connectivity index is 2.07. The number of nitrogens with zero attached hydrogens (tertiary/aromatic N) is 1. The van der Waals surface area contributed by atoms with Crippen LogP contribution < -0.4 is 5.32 Å². The number of aryl methyl sites for hydroxylation is 1. The summed E-state index contributed by atoms with van der Waals surface area (Å²) in [4.78, 5) is 4.30. The second-order valence-electron chi connectivity index (χ2n) is 3.84. The number of nitrogens with one attached hydrogen (secondary N) is 1. The van der Waals surface area contributed by atoms with Crippen molar-refractivity contribution in [2.75, 3.05) is 13.6 Å². The molecule has 17 heavy (non-hydrogen) atoms. The highest BCUT2D eigenvalue weighted by Crippen LogP contribution is 2.22. The number of hydrogen-bond acceptors (Lipinski definition) is 3. The van der Waals surface area contributed by atoms with Gasteiger partial charge in [-0.15, -0.1) is 0 Å². The van der Waals surface area contributed by atoms with Crippen LogP contribution in [0.5, 0.6) is 0 Å². The Bertz CT molecular complexity index is 482. The monoisotopic (exact) mass is 342 g/mol. The van der Waals surface area contributed by atoms with E-state index in [-0.39, 0.29) is 0 Å². The highest BCUT2D eigenvalue weighted by Gasteiger charge is 2.06. The number of halogens is 1. The van der Waals surface area contributed by atoms with Crippen LogP contribution in [0.1, 0.15) is 12.3 Å². The Morgan fingerprint density at radius 3 is 3.06 bits per heavy atom. The molecular weight excluding hydrogens is 327 g/mol. The van der Waals surface area contributed by atoms with E-state index < -0.39 is 0 Å². The number of oxazole rings is 1. The summed E-state index contributed by atoms with van der Waals surface area (Å²) in [6, 6.07) is 8.23. The van der Waals surface area contributed by atoms with E-state index in [9.17, 15) is 0 Å². The Hall–Kier alpha value is -0.880. The molecule has 1 N–H and O–H groups in total. The molecule has 0 saturated heterocycles. The van der Waals surface area contributed by atoms with Gasteiger partial charge in [0.15, 0.2) is 11.7 Å². The van der Waals surface area contributed by atoms with Crippen molar-refractivity contribution in [3.8, 4) is 11.3 Å². The third-order valence-corrected chi connectivity index (χ3v) is 3.15. The molecule has 0 amide bonds. The summed E-state index contributed by atoms with van der Waals surface area (Å²) in [6.07, 6.45) is 3.73. The quantitative estimate of drug-likeness (QED) is 0.670. The van der Waals surface area contributed by atoms with Crippen LogP contribution in [-0.2, 0) is 6.42 Å². The number of hydrogen-bond donors (Lipinski definition) is 1. The molecule has 0 atom stereocenters. The highest BCUT2D eigenvalue weighted by atomic mass is 127. The topological polar surface area (TPSA) is 38.1 Å². The van der Waals surface area contributed by atoms with Gasteiger partial charge in [0.05, 0.1) is 6.20 Å². The fraction of sp³-hybridized carbons (Fsp3) is 0.308. The van der Waals surface area contributed by atoms with E-state index in [0.717, 1.165) is 36.6 Å². The fourth-order valence-corrected chi connectivity index (χ4v) is 2.16. The average Bonchev–Trinajstić information content (AvgIpc) is 2.78. The Labute approximate surface area is 115 Å². The summed E-state index contributed by atoms with van der Waals surface area (Å²) in [5, 5.41) is 3.11. The molecule has 0 unspecified atom stereocenters. The lowest BCUT2D eigenvalue weighted by molar-refractivity contribution is 0.495. The molecule has 4 heteroatoms. The molecular formula is C13H15IN2O. The standard InChI is InChI=1S/C13H15IN2O/c1-15-7-3-6-13-16-9-12(17-13)10-4-2-5-11(14)8-10/h2,4-5,8-9,15H,3,6-7H2,1H3. The van der Waals surface area contributed by atoms with Crippen molar-refractivity contribution < 1.29 is 4.42 Å². The van der Waals surface area contributed by atoms with E-state index in [4.69, 9.17) is 4.42 Å². The summed E-state index contributed by atoms with van der Waals surface area (Å²) >= 11 is 2.30. The van der Waals surface area contributed by atoms with Crippen LogP contribution in [0, 0.1) is 3.57 Å². The number of benzene rings is 1. The van der Waals surface area contributed by atoms with E-state index in [2.05, 4.69) is 45.0 Å². The van der Waals surface area contributed by atoms with E-state index in [1.165, 1.54) is 3.57 Å². The molecule has 0 saturated carbocycles. The summed E-state index contributed by atoms with van der Waals surface area (Å²) in [5.74, 6) is 1.66. The zero-order valence-corrected chi connectivity index (χ0v) is 11.9. The van der Waals surface area contributed by atoms with Gasteiger partial charge in [0, 0.05) is 15.6 Å². The van der Waals surface area contributed by atoms with Crippen LogP contribution in [0.3, 0.4) is 0 Å². The van der Waals surface area contributed by atoms with Crippen LogP contribution >= 0.6 is 22.6 Å². The smallest absolute Gasteiger partial charge is 0.194 e. The van der Waals surface area contributed by atoms with Crippen molar-refractivity contribution in [1.82, 2.24) is 10.3 Å². The fourth-order valence-electron chi connectivity index (χ4n) is 1.62. The Kier molecular flexibility index (Phi) is 4.56. The van der Waals surface area contributed by atoms with E-state index >= 15 is 0 Å².